The Balaban J connectivity index is 1.19. The minimum atomic E-state index is -4.54. The number of nitrogens with one attached hydrogen (secondary N) is 1. The Bertz CT molecular complexity index is 3470. The van der Waals surface area contributed by atoms with Gasteiger partial charge in [0.25, 0.3) is 30.4 Å². The minimum absolute atomic E-state index is 0.0877. The summed E-state index contributed by atoms with van der Waals surface area (Å²) in [6, 6.07) is 17.2. The maximum atomic E-state index is 13.9. The molecule has 0 spiro atoms. The Hall–Kier alpha value is -4.26. The number of hydrogen-bond acceptors (Lipinski definition) is 13. The van der Waals surface area contributed by atoms with E-state index in [9.17, 15) is 57.1 Å². The number of benzene rings is 4. The van der Waals surface area contributed by atoms with E-state index in [1.165, 1.54) is 6.07 Å². The van der Waals surface area contributed by atoms with Gasteiger partial charge in [-0.15, -0.1) is 5.50 Å². The molecule has 4 aromatic carbocycles. The summed E-state index contributed by atoms with van der Waals surface area (Å²) < 4.78 is 138. The van der Waals surface area contributed by atoms with Gasteiger partial charge in [-0.25, -0.2) is 13.1 Å². The summed E-state index contributed by atoms with van der Waals surface area (Å²) in [6.07, 6.45) is 16.6. The lowest BCUT2D eigenvalue weighted by Crippen LogP contribution is -2.28. The van der Waals surface area contributed by atoms with E-state index in [0.29, 0.717) is 67.8 Å². The number of allylic oxidation sites excluding steroid dienone is 8. The van der Waals surface area contributed by atoms with E-state index in [-0.39, 0.29) is 47.3 Å². The van der Waals surface area contributed by atoms with Crippen LogP contribution in [0.5, 0.6) is 0 Å². The van der Waals surface area contributed by atoms with Gasteiger partial charge in [-0.2, -0.15) is 44.1 Å². The first-order chi connectivity index (χ1) is 35.0. The third kappa shape index (κ3) is 14.1. The van der Waals surface area contributed by atoms with Gasteiger partial charge < -0.3 is 4.90 Å². The number of nitrogens with zero attached hydrogens (tertiary/aromatic N) is 2. The number of anilines is 1. The predicted molar refractivity (Wildman–Crippen MR) is 295 cm³/mol. The standard InChI is InChI=1S/C52H67N4O14PS4/c1-51(2)47(55(31-8-11-34-72(59,60)61)43-26-24-39-41(49(43)51)18-14-20-45(39)74(65,66)54-30-7-5-6-10-33-70-71(53,57)58)28-22-37-16-13-17-38(36-37)23-29-48-52(3,4)50-42-19-15-21-46(75(67,68)69)40(42)25-27-44(50)56(48)32-9-12-35-73(62,63)64/h14-15,18-29,36,54,57-58H,5-13,16-17,30-35,53H2,1-4H3,(H-2,59,60,61,62,63,64,67,68,69)/p+2. The Morgan fingerprint density at radius 3 is 1.99 bits per heavy atom. The number of rotatable bonds is 24. The second-order valence-corrected chi connectivity index (χ2v) is 28.2. The molecule has 0 unspecified atom stereocenters. The highest BCUT2D eigenvalue weighted by Gasteiger charge is 2.46. The summed E-state index contributed by atoms with van der Waals surface area (Å²) in [5.41, 5.74) is 11.2. The van der Waals surface area contributed by atoms with Crippen molar-refractivity contribution in [1.82, 2.24) is 4.72 Å². The number of sulfonamides is 1. The van der Waals surface area contributed by atoms with Crippen molar-refractivity contribution in [1.29, 1.82) is 0 Å². The van der Waals surface area contributed by atoms with E-state index < -0.39 is 59.3 Å². The number of unbranched alkanes of at least 4 members (excludes halogenated alkanes) is 5. The molecular weight excluding hydrogens is 1060 g/mol. The molecule has 8 N–H and O–H groups in total. The van der Waals surface area contributed by atoms with E-state index in [0.717, 1.165) is 69.7 Å². The van der Waals surface area contributed by atoms with Crippen molar-refractivity contribution < 1.29 is 66.2 Å². The van der Waals surface area contributed by atoms with E-state index in [1.54, 1.807) is 30.3 Å². The molecule has 0 aromatic heterocycles. The Morgan fingerprint density at radius 1 is 0.693 bits per heavy atom. The van der Waals surface area contributed by atoms with Gasteiger partial charge in [-0.05, 0) is 123 Å². The smallest absolute Gasteiger partial charge is 0.344 e. The lowest BCUT2D eigenvalue weighted by molar-refractivity contribution is -0.438. The molecule has 7 rings (SSSR count). The summed E-state index contributed by atoms with van der Waals surface area (Å²) in [5.74, 6) is -0.769. The molecule has 1 aliphatic carbocycles. The molecule has 408 valence electrons. The number of fused-ring (bicyclic) bond motifs is 6. The van der Waals surface area contributed by atoms with Crippen molar-refractivity contribution >= 4 is 87.1 Å². The van der Waals surface area contributed by atoms with Crippen molar-refractivity contribution in [2.75, 3.05) is 42.6 Å². The molecule has 23 heteroatoms. The molecule has 0 fully saturated rings. The van der Waals surface area contributed by atoms with Crippen LogP contribution in [-0.4, -0.2) is 105 Å². The average molecular weight is 1130 g/mol. The quantitative estimate of drug-likeness (QED) is 0.0149. The summed E-state index contributed by atoms with van der Waals surface area (Å²) in [5, 5.41) is 2.34. The van der Waals surface area contributed by atoms with Crippen LogP contribution in [0.25, 0.3) is 21.5 Å². The maximum absolute atomic E-state index is 13.9. The summed E-state index contributed by atoms with van der Waals surface area (Å²) in [7, 11) is -20.6. The van der Waals surface area contributed by atoms with Crippen LogP contribution in [0.15, 0.2) is 118 Å². The molecule has 0 saturated heterocycles. The van der Waals surface area contributed by atoms with Gasteiger partial charge in [-0.3, -0.25) is 13.7 Å². The van der Waals surface area contributed by atoms with Crippen LogP contribution < -0.4 is 15.1 Å². The second-order valence-electron chi connectivity index (χ2n) is 20.5. The lowest BCUT2D eigenvalue weighted by Gasteiger charge is -2.27. The van der Waals surface area contributed by atoms with Gasteiger partial charge in [0.05, 0.1) is 28.4 Å². The average Bonchev–Trinajstić information content (AvgIpc) is 3.67. The van der Waals surface area contributed by atoms with Gasteiger partial charge in [0.1, 0.15) is 11.4 Å². The van der Waals surface area contributed by atoms with Crippen LogP contribution in [0.2, 0.25) is 0 Å². The molecule has 18 nitrogen and oxygen atoms in total. The van der Waals surface area contributed by atoms with Gasteiger partial charge in [0.2, 0.25) is 15.7 Å². The normalized spacial score (nSPS) is 18.3. The first kappa shape index (κ1) is 58.4. The van der Waals surface area contributed by atoms with E-state index >= 15 is 0 Å². The van der Waals surface area contributed by atoms with Crippen LogP contribution in [0.1, 0.15) is 109 Å². The second kappa shape index (κ2) is 23.0. The molecule has 3 aliphatic rings. The highest BCUT2D eigenvalue weighted by Crippen LogP contribution is 2.52. The minimum Gasteiger partial charge on any atom is -0.344 e. The van der Waals surface area contributed by atoms with Gasteiger partial charge in [0.15, 0.2) is 5.71 Å². The fourth-order valence-electron chi connectivity index (χ4n) is 10.8. The van der Waals surface area contributed by atoms with Crippen molar-refractivity contribution in [3.8, 4) is 0 Å². The molecule has 2 heterocycles. The maximum Gasteiger partial charge on any atom is 0.493 e. The molecule has 4 aromatic rings. The predicted octanol–water partition coefficient (Wildman–Crippen LogP) is 8.70. The molecule has 2 aliphatic heterocycles. The van der Waals surface area contributed by atoms with Gasteiger partial charge in [0, 0.05) is 64.8 Å². The summed E-state index contributed by atoms with van der Waals surface area (Å²) in [4.78, 5) is 20.5. The van der Waals surface area contributed by atoms with Crippen LogP contribution in [0, 0.1) is 0 Å². The van der Waals surface area contributed by atoms with Gasteiger partial charge >= 0.3 is 8.09 Å². The van der Waals surface area contributed by atoms with Crippen LogP contribution in [0.3, 0.4) is 0 Å². The first-order valence-corrected chi connectivity index (χ1v) is 32.8. The SMILES string of the molecule is CC1(C)C(/C=C/C2=CC(=C/C=C3/N(CCCCS(=O)(=O)O)c4ccc5c(S(=O)(=O)O)cccc5c4C3(C)C)/CCC2)=[N+](CCCCS(=O)(=O)O)c2ccc3c(S(=O)(=O)NCCCCCCO[P+](N)(O)O)cccc3c21. The molecule has 0 radical (unpaired) electrons. The molecular formula is C52H69N4O14PS4+2. The zero-order chi connectivity index (χ0) is 54.8. The lowest BCUT2D eigenvalue weighted by atomic mass is 9.78. The third-order valence-corrected chi connectivity index (χ3v) is 18.8. The van der Waals surface area contributed by atoms with Crippen molar-refractivity contribution in [2.45, 2.75) is 119 Å². The molecule has 0 atom stereocenters. The van der Waals surface area contributed by atoms with Crippen LogP contribution >= 0.6 is 8.09 Å². The fraction of sp³-hybridized carbons (Fsp3) is 0.442. The van der Waals surface area contributed by atoms with Crippen molar-refractivity contribution in [3.63, 3.8) is 0 Å². The molecule has 75 heavy (non-hydrogen) atoms. The van der Waals surface area contributed by atoms with E-state index in [4.69, 9.17) is 10.0 Å². The summed E-state index contributed by atoms with van der Waals surface area (Å²) >= 11 is 0. The topological polar surface area (TPSA) is 291 Å². The van der Waals surface area contributed by atoms with Crippen LogP contribution in [0.4, 0.5) is 11.4 Å². The zero-order valence-electron chi connectivity index (χ0n) is 42.6. The van der Waals surface area contributed by atoms with Crippen molar-refractivity contribution in [3.05, 3.63) is 119 Å². The zero-order valence-corrected chi connectivity index (χ0v) is 46.8. The highest BCUT2D eigenvalue weighted by atomic mass is 32.2. The summed E-state index contributed by atoms with van der Waals surface area (Å²) in [6.45, 7) is 9.37. The first-order valence-electron chi connectivity index (χ1n) is 25.0. The van der Waals surface area contributed by atoms with Crippen molar-refractivity contribution in [2.24, 2.45) is 5.50 Å². The Morgan fingerprint density at radius 2 is 1.32 bits per heavy atom. The Kier molecular flexibility index (Phi) is 17.9. The monoisotopic (exact) mass is 1130 g/mol. The fourth-order valence-corrected chi connectivity index (χ4v) is 14.3. The number of nitrogens with two attached hydrogens (primary N) is 1. The third-order valence-electron chi connectivity index (χ3n) is 14.2. The van der Waals surface area contributed by atoms with E-state index in [1.807, 2.05) is 38.1 Å². The highest BCUT2D eigenvalue weighted by molar-refractivity contribution is 7.89. The van der Waals surface area contributed by atoms with Gasteiger partial charge in [-0.1, -0.05) is 75.2 Å². The molecule has 0 amide bonds. The van der Waals surface area contributed by atoms with E-state index in [2.05, 4.69) is 58.4 Å². The molecule has 0 saturated carbocycles. The van der Waals surface area contributed by atoms with Crippen LogP contribution in [-0.2, 0) is 55.7 Å². The largest absolute Gasteiger partial charge is 0.493 e. The Labute approximate surface area is 441 Å². The molecule has 0 bridgehead atoms. The number of hydrogen-bond donors (Lipinski definition) is 7.